The van der Waals surface area contributed by atoms with Crippen molar-refractivity contribution in [2.45, 2.75) is 25.9 Å². The number of nitrogens with two attached hydrogens (primary N) is 1. The predicted molar refractivity (Wildman–Crippen MR) is 92.5 cm³/mol. The van der Waals surface area contributed by atoms with Crippen LogP contribution in [-0.4, -0.2) is 60.6 Å². The lowest BCUT2D eigenvalue weighted by Crippen LogP contribution is -2.49. The van der Waals surface area contributed by atoms with E-state index in [9.17, 15) is 9.59 Å². The normalized spacial score (nSPS) is 20.2. The summed E-state index contributed by atoms with van der Waals surface area (Å²) in [4.78, 5) is 27.4. The Balaban J connectivity index is 1.56. The number of para-hydroxylation sites is 2. The molecule has 2 aliphatic heterocycles. The van der Waals surface area contributed by atoms with Crippen molar-refractivity contribution in [1.29, 1.82) is 0 Å². The van der Waals surface area contributed by atoms with Gasteiger partial charge in [0.15, 0.2) is 17.6 Å². The fourth-order valence-corrected chi connectivity index (χ4v) is 3.38. The first-order valence-corrected chi connectivity index (χ1v) is 8.80. The fraction of sp³-hybridized carbons (Fsp3) is 0.556. The van der Waals surface area contributed by atoms with Gasteiger partial charge >= 0.3 is 6.03 Å². The Morgan fingerprint density at radius 2 is 1.92 bits per heavy atom. The van der Waals surface area contributed by atoms with E-state index in [1.165, 1.54) is 0 Å². The minimum Gasteiger partial charge on any atom is -0.486 e. The summed E-state index contributed by atoms with van der Waals surface area (Å²) in [5.74, 6) is 1.52. The Kier molecular flexibility index (Phi) is 5.31. The summed E-state index contributed by atoms with van der Waals surface area (Å²) in [6.07, 6.45) is 1.14. The van der Waals surface area contributed by atoms with Gasteiger partial charge in [-0.25, -0.2) is 4.79 Å². The van der Waals surface area contributed by atoms with Crippen LogP contribution in [-0.2, 0) is 4.79 Å². The van der Waals surface area contributed by atoms with Crippen LogP contribution in [0.5, 0.6) is 11.5 Å². The van der Waals surface area contributed by atoms with Gasteiger partial charge in [-0.2, -0.15) is 0 Å². The van der Waals surface area contributed by atoms with E-state index in [4.69, 9.17) is 15.2 Å². The standard InChI is InChI=1S/C18H25N3O4/c1-2-20(17(22)13-7-9-21(10-8-13)18(19)23)11-14-12-24-15-5-3-4-6-16(15)25-14/h3-6,13-14H,2,7-12H2,1H3,(H2,19,23)/t14-/m1/s1. The maximum atomic E-state index is 12.8. The summed E-state index contributed by atoms with van der Waals surface area (Å²) in [5.41, 5.74) is 5.30. The van der Waals surface area contributed by atoms with Crippen LogP contribution < -0.4 is 15.2 Å². The van der Waals surface area contributed by atoms with Gasteiger partial charge in [0.2, 0.25) is 5.91 Å². The average Bonchev–Trinajstić information content (AvgIpc) is 2.65. The van der Waals surface area contributed by atoms with Gasteiger partial charge < -0.3 is 25.0 Å². The number of amides is 3. The van der Waals surface area contributed by atoms with Gasteiger partial charge in [-0.15, -0.1) is 0 Å². The van der Waals surface area contributed by atoms with Crippen molar-refractivity contribution in [3.63, 3.8) is 0 Å². The van der Waals surface area contributed by atoms with Gasteiger partial charge in [-0.05, 0) is 31.9 Å². The third-order valence-corrected chi connectivity index (χ3v) is 4.84. The molecular formula is C18H25N3O4. The molecule has 0 aliphatic carbocycles. The zero-order valence-corrected chi connectivity index (χ0v) is 14.5. The van der Waals surface area contributed by atoms with Crippen molar-refractivity contribution in [2.75, 3.05) is 32.8 Å². The zero-order valence-electron chi connectivity index (χ0n) is 14.5. The lowest BCUT2D eigenvalue weighted by Gasteiger charge is -2.35. The largest absolute Gasteiger partial charge is 0.486 e. The molecule has 1 atom stereocenters. The second-order valence-electron chi connectivity index (χ2n) is 6.47. The van der Waals surface area contributed by atoms with Crippen LogP contribution in [0.1, 0.15) is 19.8 Å². The van der Waals surface area contributed by atoms with E-state index in [2.05, 4.69) is 0 Å². The zero-order chi connectivity index (χ0) is 17.8. The predicted octanol–water partition coefficient (Wildman–Crippen LogP) is 1.47. The average molecular weight is 347 g/mol. The topological polar surface area (TPSA) is 85.1 Å². The monoisotopic (exact) mass is 347 g/mol. The number of nitrogens with zero attached hydrogens (tertiary/aromatic N) is 2. The SMILES string of the molecule is CCN(C[C@@H]1COc2ccccc2O1)C(=O)C1CCN(C(N)=O)CC1. The van der Waals surface area contributed by atoms with E-state index in [1.807, 2.05) is 36.1 Å². The second-order valence-corrected chi connectivity index (χ2v) is 6.47. The molecule has 2 heterocycles. The summed E-state index contributed by atoms with van der Waals surface area (Å²) >= 11 is 0. The molecule has 0 saturated carbocycles. The number of carbonyl (C=O) groups is 2. The molecular weight excluding hydrogens is 322 g/mol. The van der Waals surface area contributed by atoms with Crippen LogP contribution in [0.15, 0.2) is 24.3 Å². The van der Waals surface area contributed by atoms with E-state index in [0.717, 1.165) is 11.5 Å². The summed E-state index contributed by atoms with van der Waals surface area (Å²) in [6.45, 7) is 4.60. The quantitative estimate of drug-likeness (QED) is 0.894. The minimum atomic E-state index is -0.412. The maximum Gasteiger partial charge on any atom is 0.314 e. The smallest absolute Gasteiger partial charge is 0.314 e. The Morgan fingerprint density at radius 1 is 1.24 bits per heavy atom. The van der Waals surface area contributed by atoms with Crippen LogP contribution in [0.4, 0.5) is 4.79 Å². The number of likely N-dealkylation sites (N-methyl/N-ethyl adjacent to an activating group) is 1. The number of likely N-dealkylation sites (tertiary alicyclic amines) is 1. The highest BCUT2D eigenvalue weighted by Crippen LogP contribution is 2.31. The molecule has 1 aromatic carbocycles. The number of urea groups is 1. The molecule has 7 heteroatoms. The molecule has 3 amide bonds. The lowest BCUT2D eigenvalue weighted by molar-refractivity contribution is -0.138. The number of piperidine rings is 1. The highest BCUT2D eigenvalue weighted by Gasteiger charge is 2.31. The van der Waals surface area contributed by atoms with E-state index in [0.29, 0.717) is 45.6 Å². The van der Waals surface area contributed by atoms with E-state index < -0.39 is 6.03 Å². The Labute approximate surface area is 147 Å². The first kappa shape index (κ1) is 17.4. The second kappa shape index (κ2) is 7.63. The summed E-state index contributed by atoms with van der Waals surface area (Å²) in [7, 11) is 0. The Hall–Kier alpha value is -2.44. The summed E-state index contributed by atoms with van der Waals surface area (Å²) in [5, 5.41) is 0. The number of rotatable bonds is 4. The number of hydrogen-bond donors (Lipinski definition) is 1. The van der Waals surface area contributed by atoms with Crippen LogP contribution in [0.25, 0.3) is 0 Å². The first-order chi connectivity index (χ1) is 12.1. The molecule has 1 aromatic rings. The lowest BCUT2D eigenvalue weighted by atomic mass is 9.95. The van der Waals surface area contributed by atoms with E-state index in [-0.39, 0.29) is 17.9 Å². The number of fused-ring (bicyclic) bond motifs is 1. The molecule has 7 nitrogen and oxygen atoms in total. The van der Waals surface area contributed by atoms with Gasteiger partial charge in [0, 0.05) is 25.6 Å². The molecule has 25 heavy (non-hydrogen) atoms. The van der Waals surface area contributed by atoms with E-state index >= 15 is 0 Å². The van der Waals surface area contributed by atoms with Crippen LogP contribution in [0.3, 0.4) is 0 Å². The molecule has 136 valence electrons. The molecule has 0 spiro atoms. The van der Waals surface area contributed by atoms with Crippen molar-refractivity contribution >= 4 is 11.9 Å². The number of benzene rings is 1. The maximum absolute atomic E-state index is 12.8. The van der Waals surface area contributed by atoms with Gasteiger partial charge in [0.1, 0.15) is 6.61 Å². The minimum absolute atomic E-state index is 0.0626. The van der Waals surface area contributed by atoms with Crippen molar-refractivity contribution in [2.24, 2.45) is 11.7 Å². The number of primary amides is 1. The Morgan fingerprint density at radius 3 is 2.56 bits per heavy atom. The third-order valence-electron chi connectivity index (χ3n) is 4.84. The van der Waals surface area contributed by atoms with Crippen LogP contribution in [0, 0.1) is 5.92 Å². The molecule has 1 saturated heterocycles. The highest BCUT2D eigenvalue weighted by atomic mass is 16.6. The number of carbonyl (C=O) groups excluding carboxylic acids is 2. The molecule has 3 rings (SSSR count). The summed E-state index contributed by atoms with van der Waals surface area (Å²) < 4.78 is 11.7. The molecule has 2 N–H and O–H groups in total. The summed E-state index contributed by atoms with van der Waals surface area (Å²) in [6, 6.07) is 7.15. The van der Waals surface area contributed by atoms with Gasteiger partial charge in [-0.3, -0.25) is 4.79 Å². The first-order valence-electron chi connectivity index (χ1n) is 8.80. The Bertz CT molecular complexity index is 629. The molecule has 0 radical (unpaired) electrons. The fourth-order valence-electron chi connectivity index (χ4n) is 3.38. The molecule has 0 unspecified atom stereocenters. The molecule has 0 bridgehead atoms. The van der Waals surface area contributed by atoms with Gasteiger partial charge in [0.25, 0.3) is 0 Å². The molecule has 2 aliphatic rings. The van der Waals surface area contributed by atoms with Crippen molar-refractivity contribution in [1.82, 2.24) is 9.80 Å². The number of ether oxygens (including phenoxy) is 2. The van der Waals surface area contributed by atoms with Crippen molar-refractivity contribution in [3.8, 4) is 11.5 Å². The van der Waals surface area contributed by atoms with E-state index in [1.54, 1.807) is 4.90 Å². The van der Waals surface area contributed by atoms with Crippen LogP contribution in [0.2, 0.25) is 0 Å². The molecule has 0 aromatic heterocycles. The number of hydrogen-bond acceptors (Lipinski definition) is 4. The third kappa shape index (κ3) is 3.97. The van der Waals surface area contributed by atoms with Gasteiger partial charge in [-0.1, -0.05) is 12.1 Å². The van der Waals surface area contributed by atoms with Crippen LogP contribution >= 0.6 is 0 Å². The highest BCUT2D eigenvalue weighted by molar-refractivity contribution is 5.79. The molecule has 1 fully saturated rings. The van der Waals surface area contributed by atoms with Crippen molar-refractivity contribution < 1.29 is 19.1 Å². The van der Waals surface area contributed by atoms with Crippen molar-refractivity contribution in [3.05, 3.63) is 24.3 Å². The van der Waals surface area contributed by atoms with Gasteiger partial charge in [0.05, 0.1) is 6.54 Å².